The first kappa shape index (κ1) is 17.0. The van der Waals surface area contributed by atoms with Crippen LogP contribution in [0.15, 0.2) is 0 Å². The smallest absolute Gasteiger partial charge is 0.324 e. The topological polar surface area (TPSA) is 69.6 Å². The van der Waals surface area contributed by atoms with Gasteiger partial charge in [0.1, 0.15) is 6.10 Å². The molecule has 0 aliphatic heterocycles. The number of amides is 3. The van der Waals surface area contributed by atoms with Crippen LogP contribution in [0.25, 0.3) is 0 Å². The van der Waals surface area contributed by atoms with E-state index in [1.807, 2.05) is 0 Å². The summed E-state index contributed by atoms with van der Waals surface area (Å²) in [5.41, 5.74) is 0. The van der Waals surface area contributed by atoms with Crippen molar-refractivity contribution in [3.63, 3.8) is 0 Å². The number of nitrogens with one attached hydrogen (secondary N) is 1. The predicted molar refractivity (Wildman–Crippen MR) is 78.3 cm³/mol. The first-order valence-electron chi connectivity index (χ1n) is 7.86. The molecular weight excluding hydrogens is 256 g/mol. The highest BCUT2D eigenvalue weighted by molar-refractivity contribution is 5.96. The molecule has 1 unspecified atom stereocenters. The lowest BCUT2D eigenvalue weighted by Gasteiger charge is -2.28. The molecule has 0 bridgehead atoms. The van der Waals surface area contributed by atoms with E-state index in [2.05, 4.69) is 12.2 Å². The Balaban J connectivity index is 2.55. The van der Waals surface area contributed by atoms with Gasteiger partial charge in [0.05, 0.1) is 0 Å². The minimum Gasteiger partial charge on any atom is -0.384 e. The summed E-state index contributed by atoms with van der Waals surface area (Å²) in [6, 6.07) is -0.175. The lowest BCUT2D eigenvalue weighted by molar-refractivity contribution is -0.136. The van der Waals surface area contributed by atoms with Crippen molar-refractivity contribution in [3.05, 3.63) is 0 Å². The van der Waals surface area contributed by atoms with Crippen molar-refractivity contribution in [2.24, 2.45) is 0 Å². The van der Waals surface area contributed by atoms with E-state index in [0.29, 0.717) is 6.54 Å². The minimum atomic E-state index is -1.13. The molecule has 1 atom stereocenters. The van der Waals surface area contributed by atoms with Gasteiger partial charge in [0.2, 0.25) is 0 Å². The third kappa shape index (κ3) is 5.49. The van der Waals surface area contributed by atoms with E-state index in [4.69, 9.17) is 0 Å². The van der Waals surface area contributed by atoms with Crippen LogP contribution in [0, 0.1) is 0 Å². The normalized spacial score (nSPS) is 17.6. The van der Waals surface area contributed by atoms with Crippen LogP contribution in [0.4, 0.5) is 4.79 Å². The highest BCUT2D eigenvalue weighted by Crippen LogP contribution is 2.17. The van der Waals surface area contributed by atoms with Gasteiger partial charge in [0.15, 0.2) is 0 Å². The molecule has 0 spiro atoms. The number of unbranched alkanes of at least 4 members (excludes halogenated alkanes) is 2. The van der Waals surface area contributed by atoms with Gasteiger partial charge >= 0.3 is 6.03 Å². The number of nitrogens with zero attached hydrogens (tertiary/aromatic N) is 1. The van der Waals surface area contributed by atoms with Crippen LogP contribution >= 0.6 is 0 Å². The molecule has 0 aromatic carbocycles. The molecule has 3 amide bonds. The van der Waals surface area contributed by atoms with Crippen LogP contribution in [0.1, 0.15) is 65.2 Å². The molecule has 5 nitrogen and oxygen atoms in total. The molecule has 1 aliphatic rings. The van der Waals surface area contributed by atoms with Gasteiger partial charge in [0, 0.05) is 12.6 Å². The van der Waals surface area contributed by atoms with E-state index >= 15 is 0 Å². The summed E-state index contributed by atoms with van der Waals surface area (Å²) in [5, 5.41) is 12.4. The van der Waals surface area contributed by atoms with Crippen LogP contribution in [0.2, 0.25) is 0 Å². The van der Waals surface area contributed by atoms with E-state index in [1.165, 1.54) is 18.2 Å². The number of carbonyl (C=O) groups is 2. The second kappa shape index (κ2) is 8.95. The molecule has 2 N–H and O–H groups in total. The van der Waals surface area contributed by atoms with Crippen molar-refractivity contribution in [2.75, 3.05) is 6.54 Å². The third-order valence-corrected chi connectivity index (χ3v) is 3.79. The molecule has 0 radical (unpaired) electrons. The first-order chi connectivity index (χ1) is 9.56. The van der Waals surface area contributed by atoms with E-state index in [0.717, 1.165) is 44.9 Å². The van der Waals surface area contributed by atoms with E-state index in [1.54, 1.807) is 0 Å². The van der Waals surface area contributed by atoms with Gasteiger partial charge in [0.25, 0.3) is 5.91 Å². The fourth-order valence-corrected chi connectivity index (χ4v) is 2.56. The zero-order valence-electron chi connectivity index (χ0n) is 12.7. The SMILES string of the molecule is CCCCCN(C(=O)NC1CCCCC1)C(=O)C(C)O. The molecule has 0 heterocycles. The van der Waals surface area contributed by atoms with Crippen LogP contribution in [0.5, 0.6) is 0 Å². The largest absolute Gasteiger partial charge is 0.384 e. The number of urea groups is 1. The quantitative estimate of drug-likeness (QED) is 0.736. The maximum atomic E-state index is 12.2. The average molecular weight is 284 g/mol. The Morgan fingerprint density at radius 1 is 1.25 bits per heavy atom. The van der Waals surface area contributed by atoms with E-state index < -0.39 is 12.0 Å². The van der Waals surface area contributed by atoms with Gasteiger partial charge in [-0.3, -0.25) is 9.69 Å². The van der Waals surface area contributed by atoms with Crippen molar-refractivity contribution >= 4 is 11.9 Å². The van der Waals surface area contributed by atoms with Gasteiger partial charge in [-0.2, -0.15) is 0 Å². The van der Waals surface area contributed by atoms with Crippen LogP contribution in [-0.4, -0.2) is 40.6 Å². The van der Waals surface area contributed by atoms with Gasteiger partial charge in [-0.05, 0) is 26.2 Å². The van der Waals surface area contributed by atoms with Gasteiger partial charge in [-0.25, -0.2) is 4.79 Å². The fraction of sp³-hybridized carbons (Fsp3) is 0.867. The zero-order chi connectivity index (χ0) is 15.0. The second-order valence-corrected chi connectivity index (χ2v) is 5.66. The Hall–Kier alpha value is -1.10. The van der Waals surface area contributed by atoms with Gasteiger partial charge in [-0.15, -0.1) is 0 Å². The lowest BCUT2D eigenvalue weighted by atomic mass is 9.96. The Kier molecular flexibility index (Phi) is 7.59. The molecule has 20 heavy (non-hydrogen) atoms. The summed E-state index contributed by atoms with van der Waals surface area (Å²) >= 11 is 0. The lowest BCUT2D eigenvalue weighted by Crippen LogP contribution is -2.50. The van der Waals surface area contributed by atoms with Crippen molar-refractivity contribution < 1.29 is 14.7 Å². The Bertz CT molecular complexity index is 312. The summed E-state index contributed by atoms with van der Waals surface area (Å²) in [4.78, 5) is 25.3. The van der Waals surface area contributed by atoms with Crippen LogP contribution < -0.4 is 5.32 Å². The summed E-state index contributed by atoms with van der Waals surface area (Å²) in [5.74, 6) is -0.505. The Morgan fingerprint density at radius 2 is 1.90 bits per heavy atom. The Morgan fingerprint density at radius 3 is 2.45 bits per heavy atom. The number of aliphatic hydroxyl groups is 1. The number of carbonyl (C=O) groups excluding carboxylic acids is 2. The fourth-order valence-electron chi connectivity index (χ4n) is 2.56. The third-order valence-electron chi connectivity index (χ3n) is 3.79. The molecule has 0 aromatic heterocycles. The van der Waals surface area contributed by atoms with Crippen LogP contribution in [0.3, 0.4) is 0 Å². The minimum absolute atomic E-state index is 0.173. The van der Waals surface area contributed by atoms with Crippen LogP contribution in [-0.2, 0) is 4.79 Å². The van der Waals surface area contributed by atoms with Crippen molar-refractivity contribution in [2.45, 2.75) is 77.4 Å². The van der Waals surface area contributed by atoms with Crippen molar-refractivity contribution in [1.82, 2.24) is 10.2 Å². The zero-order valence-corrected chi connectivity index (χ0v) is 12.7. The maximum Gasteiger partial charge on any atom is 0.324 e. The average Bonchev–Trinajstić information content (AvgIpc) is 2.44. The van der Waals surface area contributed by atoms with Crippen molar-refractivity contribution in [3.8, 4) is 0 Å². The number of imide groups is 1. The number of aliphatic hydroxyl groups excluding tert-OH is 1. The molecule has 1 fully saturated rings. The standard InChI is InChI=1S/C15H28N2O3/c1-3-4-8-11-17(14(19)12(2)18)15(20)16-13-9-6-5-7-10-13/h12-13,18H,3-11H2,1-2H3,(H,16,20). The molecule has 0 aromatic rings. The maximum absolute atomic E-state index is 12.2. The van der Waals surface area contributed by atoms with Gasteiger partial charge < -0.3 is 10.4 Å². The van der Waals surface area contributed by atoms with Gasteiger partial charge in [-0.1, -0.05) is 39.0 Å². The van der Waals surface area contributed by atoms with E-state index in [-0.39, 0.29) is 12.1 Å². The summed E-state index contributed by atoms with van der Waals surface area (Å²) in [7, 11) is 0. The van der Waals surface area contributed by atoms with E-state index in [9.17, 15) is 14.7 Å². The summed E-state index contributed by atoms with van der Waals surface area (Å²) in [6.07, 6.45) is 7.10. The number of hydrogen-bond donors (Lipinski definition) is 2. The first-order valence-corrected chi connectivity index (χ1v) is 7.86. The van der Waals surface area contributed by atoms with Crippen molar-refractivity contribution in [1.29, 1.82) is 0 Å². The number of hydrogen-bond acceptors (Lipinski definition) is 3. The molecule has 5 heteroatoms. The molecule has 0 saturated heterocycles. The predicted octanol–water partition coefficient (Wildman–Crippen LogP) is 2.43. The molecule has 1 aliphatic carbocycles. The molecule has 116 valence electrons. The number of rotatable bonds is 6. The molecular formula is C15H28N2O3. The molecule has 1 rings (SSSR count). The Labute approximate surface area is 121 Å². The highest BCUT2D eigenvalue weighted by Gasteiger charge is 2.26. The summed E-state index contributed by atoms with van der Waals surface area (Å²) < 4.78 is 0. The molecule has 1 saturated carbocycles. The summed E-state index contributed by atoms with van der Waals surface area (Å²) in [6.45, 7) is 3.86. The monoisotopic (exact) mass is 284 g/mol. The second-order valence-electron chi connectivity index (χ2n) is 5.66. The highest BCUT2D eigenvalue weighted by atomic mass is 16.3.